The molecule has 0 aliphatic carbocycles. The number of para-hydroxylation sites is 1. The van der Waals surface area contributed by atoms with Crippen LogP contribution in [0.3, 0.4) is 0 Å². The summed E-state index contributed by atoms with van der Waals surface area (Å²) in [6, 6.07) is 20.7. The molecule has 7 heteroatoms. The highest BCUT2D eigenvalue weighted by atomic mass is 16.5. The third kappa shape index (κ3) is 4.22. The molecule has 0 radical (unpaired) electrons. The number of aromatic nitrogens is 1. The fraction of sp³-hybridized carbons (Fsp3) is 0.200. The molecule has 1 amide bonds. The van der Waals surface area contributed by atoms with Gasteiger partial charge in [-0.3, -0.25) is 14.5 Å². The van der Waals surface area contributed by atoms with Gasteiger partial charge >= 0.3 is 0 Å². The third-order valence-corrected chi connectivity index (χ3v) is 6.49. The lowest BCUT2D eigenvalue weighted by Gasteiger charge is -2.26. The van der Waals surface area contributed by atoms with Crippen LogP contribution in [0.2, 0.25) is 0 Å². The summed E-state index contributed by atoms with van der Waals surface area (Å²) in [5, 5.41) is 12.4. The summed E-state index contributed by atoms with van der Waals surface area (Å²) in [7, 11) is 1.56. The Bertz CT molecular complexity index is 1530. The average molecular weight is 497 g/mol. The number of H-pyrrole nitrogens is 1. The molecule has 0 saturated carbocycles. The van der Waals surface area contributed by atoms with Gasteiger partial charge in [0.25, 0.3) is 11.7 Å². The normalized spacial score (nSPS) is 17.1. The Balaban J connectivity index is 1.75. The number of aliphatic hydroxyl groups is 1. The molecule has 188 valence electrons. The first kappa shape index (κ1) is 24.2. The molecule has 1 saturated heterocycles. The lowest BCUT2D eigenvalue weighted by Crippen LogP contribution is -2.29. The first-order chi connectivity index (χ1) is 17.8. The van der Waals surface area contributed by atoms with Crippen LogP contribution in [-0.4, -0.2) is 35.0 Å². The molecule has 5 rings (SSSR count). The maximum atomic E-state index is 13.6. The van der Waals surface area contributed by atoms with Gasteiger partial charge in [0, 0.05) is 33.4 Å². The van der Waals surface area contributed by atoms with Crippen molar-refractivity contribution in [2.75, 3.05) is 12.0 Å². The molecule has 0 spiro atoms. The number of ketones is 1. The largest absolute Gasteiger partial charge is 0.507 e. The molecule has 1 aliphatic rings. The number of nitrogens with one attached hydrogen (secondary N) is 1. The summed E-state index contributed by atoms with van der Waals surface area (Å²) in [6.07, 6.45) is -0.0630. The zero-order chi connectivity index (χ0) is 26.3. The number of methoxy groups -OCH3 is 1. The number of anilines is 1. The highest BCUT2D eigenvalue weighted by Crippen LogP contribution is 2.45. The van der Waals surface area contributed by atoms with Crippen molar-refractivity contribution in [3.05, 3.63) is 95.2 Å². The van der Waals surface area contributed by atoms with Crippen molar-refractivity contribution < 1.29 is 24.2 Å². The smallest absolute Gasteiger partial charge is 0.300 e. The van der Waals surface area contributed by atoms with Crippen LogP contribution in [0.15, 0.2) is 78.4 Å². The molecular weight excluding hydrogens is 468 g/mol. The molecule has 7 nitrogen and oxygen atoms in total. The molecule has 2 N–H and O–H groups in total. The van der Waals surface area contributed by atoms with Crippen LogP contribution >= 0.6 is 0 Å². The number of ether oxygens (including phenoxy) is 2. The Kier molecular flexibility index (Phi) is 6.21. The van der Waals surface area contributed by atoms with E-state index in [1.807, 2.05) is 45.0 Å². The maximum Gasteiger partial charge on any atom is 0.300 e. The van der Waals surface area contributed by atoms with Gasteiger partial charge in [-0.25, -0.2) is 0 Å². The van der Waals surface area contributed by atoms with Crippen LogP contribution in [0.5, 0.6) is 11.5 Å². The van der Waals surface area contributed by atoms with E-state index in [-0.39, 0.29) is 17.4 Å². The molecule has 1 atom stereocenters. The molecule has 1 fully saturated rings. The number of aryl methyl sites for hydroxylation is 1. The van der Waals surface area contributed by atoms with Gasteiger partial charge < -0.3 is 19.6 Å². The highest BCUT2D eigenvalue weighted by molar-refractivity contribution is 6.52. The van der Waals surface area contributed by atoms with Gasteiger partial charge in [0.2, 0.25) is 0 Å². The number of Topliss-reactive ketones (excluding diaryl/α,β-unsaturated/α-hetero) is 1. The highest BCUT2D eigenvalue weighted by Gasteiger charge is 2.48. The second-order valence-corrected chi connectivity index (χ2v) is 9.27. The number of aromatic amines is 1. The van der Waals surface area contributed by atoms with Crippen LogP contribution in [0.25, 0.3) is 16.7 Å². The summed E-state index contributed by atoms with van der Waals surface area (Å²) in [6.45, 7) is 5.72. The number of nitrogens with zero attached hydrogens (tertiary/aromatic N) is 1. The fourth-order valence-corrected chi connectivity index (χ4v) is 4.91. The average Bonchev–Trinajstić information content (AvgIpc) is 3.35. The van der Waals surface area contributed by atoms with E-state index < -0.39 is 17.7 Å². The van der Waals surface area contributed by atoms with Gasteiger partial charge in [0.1, 0.15) is 17.3 Å². The summed E-state index contributed by atoms with van der Waals surface area (Å²) < 4.78 is 11.1. The summed E-state index contributed by atoms with van der Waals surface area (Å²) in [5.41, 5.74) is 3.37. The molecule has 3 aromatic carbocycles. The number of benzene rings is 3. The van der Waals surface area contributed by atoms with Crippen molar-refractivity contribution in [3.63, 3.8) is 0 Å². The molecular formula is C30H28N2O5. The van der Waals surface area contributed by atoms with Crippen molar-refractivity contribution in [1.82, 2.24) is 4.98 Å². The number of rotatable bonds is 6. The number of hydrogen-bond donors (Lipinski definition) is 2. The lowest BCUT2D eigenvalue weighted by atomic mass is 9.93. The molecule has 1 aromatic heterocycles. The van der Waals surface area contributed by atoms with Gasteiger partial charge in [0.05, 0.1) is 24.8 Å². The molecule has 2 heterocycles. The summed E-state index contributed by atoms with van der Waals surface area (Å²) in [4.78, 5) is 31.9. The van der Waals surface area contributed by atoms with Crippen LogP contribution in [0.4, 0.5) is 5.69 Å². The molecule has 4 aromatic rings. The molecule has 37 heavy (non-hydrogen) atoms. The van der Waals surface area contributed by atoms with Gasteiger partial charge in [-0.05, 0) is 63.2 Å². The second-order valence-electron chi connectivity index (χ2n) is 9.27. The summed E-state index contributed by atoms with van der Waals surface area (Å²) in [5.74, 6) is -0.530. The Hall–Kier alpha value is -4.52. The van der Waals surface area contributed by atoms with E-state index in [2.05, 4.69) is 4.98 Å². The number of aliphatic hydroxyl groups excluding tert-OH is 1. The summed E-state index contributed by atoms with van der Waals surface area (Å²) >= 11 is 0. The number of amides is 1. The fourth-order valence-electron chi connectivity index (χ4n) is 4.91. The number of carbonyl (C=O) groups is 2. The minimum absolute atomic E-state index is 0.0235. The van der Waals surface area contributed by atoms with E-state index in [4.69, 9.17) is 9.47 Å². The first-order valence-electron chi connectivity index (χ1n) is 12.1. The SMILES string of the molecule is COc1ccc(N2C(=O)C(=O)/C(=C(/O)c3cccc(OC(C)C)c3)C2c2c(C)[nH]c3ccccc23)cc1. The number of fused-ring (bicyclic) bond motifs is 1. The van der Waals surface area contributed by atoms with Crippen LogP contribution in [0, 0.1) is 6.92 Å². The van der Waals surface area contributed by atoms with Crippen LogP contribution in [0.1, 0.15) is 36.7 Å². The third-order valence-electron chi connectivity index (χ3n) is 6.49. The Labute approximate surface area is 214 Å². The van der Waals surface area contributed by atoms with E-state index in [1.165, 1.54) is 4.90 Å². The van der Waals surface area contributed by atoms with E-state index >= 15 is 0 Å². The minimum Gasteiger partial charge on any atom is -0.507 e. The molecule has 1 unspecified atom stereocenters. The minimum atomic E-state index is -0.848. The predicted molar refractivity (Wildman–Crippen MR) is 143 cm³/mol. The predicted octanol–water partition coefficient (Wildman–Crippen LogP) is 5.90. The van der Waals surface area contributed by atoms with Gasteiger partial charge in [-0.2, -0.15) is 0 Å². The van der Waals surface area contributed by atoms with Gasteiger partial charge in [0.15, 0.2) is 0 Å². The monoisotopic (exact) mass is 496 g/mol. The topological polar surface area (TPSA) is 91.9 Å². The van der Waals surface area contributed by atoms with Crippen molar-refractivity contribution in [2.24, 2.45) is 0 Å². The van der Waals surface area contributed by atoms with Crippen molar-refractivity contribution in [3.8, 4) is 11.5 Å². The second kappa shape index (κ2) is 9.50. The van der Waals surface area contributed by atoms with E-state index in [9.17, 15) is 14.7 Å². The van der Waals surface area contributed by atoms with Crippen LogP contribution in [-0.2, 0) is 9.59 Å². The quantitative estimate of drug-likeness (QED) is 0.197. The Morgan fingerprint density at radius 2 is 1.70 bits per heavy atom. The van der Waals surface area contributed by atoms with E-state index in [1.54, 1.807) is 55.6 Å². The first-order valence-corrected chi connectivity index (χ1v) is 12.1. The molecule has 1 aliphatic heterocycles. The van der Waals surface area contributed by atoms with E-state index in [0.717, 1.165) is 22.2 Å². The zero-order valence-corrected chi connectivity index (χ0v) is 21.1. The van der Waals surface area contributed by atoms with E-state index in [0.29, 0.717) is 22.7 Å². The number of hydrogen-bond acceptors (Lipinski definition) is 5. The molecule has 0 bridgehead atoms. The standard InChI is InChI=1S/C30H28N2O5/c1-17(2)37-22-9-7-8-19(16-22)28(33)26-27(25-18(3)31-24-11-6-5-10-23(24)25)32(30(35)29(26)34)20-12-14-21(36-4)15-13-20/h5-17,27,31,33H,1-4H3/b28-26+. The van der Waals surface area contributed by atoms with Crippen molar-refractivity contribution in [1.29, 1.82) is 0 Å². The number of carbonyl (C=O) groups excluding carboxylic acids is 2. The van der Waals surface area contributed by atoms with Gasteiger partial charge in [-0.15, -0.1) is 0 Å². The van der Waals surface area contributed by atoms with Gasteiger partial charge in [-0.1, -0.05) is 30.3 Å². The van der Waals surface area contributed by atoms with Crippen LogP contribution < -0.4 is 14.4 Å². The lowest BCUT2D eigenvalue weighted by molar-refractivity contribution is -0.132. The zero-order valence-electron chi connectivity index (χ0n) is 21.1. The van der Waals surface area contributed by atoms with Crippen molar-refractivity contribution in [2.45, 2.75) is 32.9 Å². The maximum absolute atomic E-state index is 13.6. The Morgan fingerprint density at radius 1 is 0.973 bits per heavy atom. The Morgan fingerprint density at radius 3 is 2.41 bits per heavy atom. The van der Waals surface area contributed by atoms with Crippen molar-refractivity contribution >= 4 is 34.0 Å².